The number of urea groups is 1. The number of unbranched alkanes of at least 4 members (excludes halogenated alkanes) is 3. The molecule has 0 aromatic carbocycles. The molecule has 3 aliphatic rings. The molecule has 2 saturated heterocycles. The Morgan fingerprint density at radius 3 is 2.21 bits per heavy atom. The van der Waals surface area contributed by atoms with E-state index in [1.165, 1.54) is 11.3 Å². The standard InChI is InChI=1S/C33H58N6O7S2/c1-8-12-18-33(17-11-4,19-13-9-2)38(20-14-10-3)45-48(42,43)46-39-26-15-16-27(37(23-26)31(39)41)29-36-35-28(47-29)24-21-25(22-24)34-30(40)44-32(5,6)7/h24-27H,8-23H2,1-7H3,(H,34,40)/t24?,25?,26-,27-/m0/s1. The van der Waals surface area contributed by atoms with Gasteiger partial charge in [0.1, 0.15) is 15.6 Å². The molecule has 0 unspecified atom stereocenters. The number of aromatic nitrogens is 2. The number of amides is 3. The average molecular weight is 715 g/mol. The van der Waals surface area contributed by atoms with Crippen LogP contribution in [0.25, 0.3) is 0 Å². The summed E-state index contributed by atoms with van der Waals surface area (Å²) in [7, 11) is -4.59. The highest BCUT2D eigenvalue weighted by atomic mass is 32.3. The van der Waals surface area contributed by atoms with E-state index in [0.29, 0.717) is 25.9 Å². The maximum absolute atomic E-state index is 13.6. The van der Waals surface area contributed by atoms with Crippen LogP contribution in [-0.2, 0) is 23.7 Å². The lowest BCUT2D eigenvalue weighted by Gasteiger charge is -2.43. The molecule has 13 nitrogen and oxygen atoms in total. The van der Waals surface area contributed by atoms with E-state index in [-0.39, 0.29) is 18.0 Å². The van der Waals surface area contributed by atoms with Crippen molar-refractivity contribution in [3.63, 3.8) is 0 Å². The number of hydrogen-bond donors (Lipinski definition) is 1. The Morgan fingerprint density at radius 2 is 1.60 bits per heavy atom. The number of carbonyl (C=O) groups excluding carboxylic acids is 2. The van der Waals surface area contributed by atoms with Gasteiger partial charge in [-0.05, 0) is 72.1 Å². The minimum Gasteiger partial charge on any atom is -0.444 e. The second-order valence-electron chi connectivity index (χ2n) is 14.7. The summed E-state index contributed by atoms with van der Waals surface area (Å²) in [6.07, 6.45) is 11.3. The van der Waals surface area contributed by atoms with Crippen molar-refractivity contribution in [2.45, 2.75) is 174 Å². The fourth-order valence-corrected chi connectivity index (χ4v) is 9.03. The van der Waals surface area contributed by atoms with Gasteiger partial charge in [0.25, 0.3) is 0 Å². The average Bonchev–Trinajstić information content (AvgIpc) is 3.57. The van der Waals surface area contributed by atoms with Crippen molar-refractivity contribution in [2.24, 2.45) is 0 Å². The number of carbonyl (C=O) groups is 2. The minimum absolute atomic E-state index is 0.0194. The smallest absolute Gasteiger partial charge is 0.437 e. The number of nitrogens with zero attached hydrogens (tertiary/aromatic N) is 5. The first-order valence-electron chi connectivity index (χ1n) is 18.1. The molecule has 2 atom stereocenters. The summed E-state index contributed by atoms with van der Waals surface area (Å²) in [6.45, 7) is 14.8. The Bertz CT molecular complexity index is 1310. The summed E-state index contributed by atoms with van der Waals surface area (Å²) in [5.74, 6) is 0.175. The van der Waals surface area contributed by atoms with Gasteiger partial charge in [-0.2, -0.15) is 22.8 Å². The summed E-state index contributed by atoms with van der Waals surface area (Å²) in [5.41, 5.74) is -0.975. The monoisotopic (exact) mass is 714 g/mol. The van der Waals surface area contributed by atoms with Gasteiger partial charge in [-0.15, -0.1) is 14.5 Å². The van der Waals surface area contributed by atoms with Gasteiger partial charge in [0.2, 0.25) is 0 Å². The van der Waals surface area contributed by atoms with E-state index in [9.17, 15) is 18.0 Å². The quantitative estimate of drug-likeness (QED) is 0.144. The number of alkyl carbamates (subject to hydrolysis) is 1. The van der Waals surface area contributed by atoms with Gasteiger partial charge in [0, 0.05) is 30.6 Å². The van der Waals surface area contributed by atoms with E-state index >= 15 is 0 Å². The van der Waals surface area contributed by atoms with Crippen molar-refractivity contribution < 1.29 is 31.3 Å². The van der Waals surface area contributed by atoms with Crippen LogP contribution >= 0.6 is 11.3 Å². The van der Waals surface area contributed by atoms with Crippen molar-refractivity contribution >= 4 is 33.9 Å². The molecule has 2 bridgehead atoms. The van der Waals surface area contributed by atoms with Crippen molar-refractivity contribution in [3.05, 3.63) is 10.0 Å². The Balaban J connectivity index is 1.40. The first-order valence-corrected chi connectivity index (χ1v) is 20.2. The second-order valence-corrected chi connectivity index (χ2v) is 16.8. The zero-order chi connectivity index (χ0) is 35.1. The number of hydrogen-bond acceptors (Lipinski definition) is 11. The van der Waals surface area contributed by atoms with E-state index in [1.807, 2.05) is 20.8 Å². The van der Waals surface area contributed by atoms with Gasteiger partial charge < -0.3 is 15.0 Å². The van der Waals surface area contributed by atoms with Crippen LogP contribution in [0.5, 0.6) is 0 Å². The molecule has 4 rings (SSSR count). The Hall–Kier alpha value is -2.07. The van der Waals surface area contributed by atoms with Crippen LogP contribution in [0, 0.1) is 0 Å². The molecule has 3 fully saturated rings. The highest BCUT2D eigenvalue weighted by molar-refractivity contribution is 7.81. The van der Waals surface area contributed by atoms with Gasteiger partial charge in [0.15, 0.2) is 0 Å². The second kappa shape index (κ2) is 16.8. The number of rotatable bonds is 19. The van der Waals surface area contributed by atoms with E-state index < -0.39 is 39.7 Å². The zero-order valence-corrected chi connectivity index (χ0v) is 31.7. The minimum atomic E-state index is -4.59. The van der Waals surface area contributed by atoms with Crippen molar-refractivity contribution in [1.29, 1.82) is 0 Å². The maximum atomic E-state index is 13.6. The largest absolute Gasteiger partial charge is 0.444 e. The molecule has 1 aromatic rings. The molecule has 3 heterocycles. The molecule has 1 aromatic heterocycles. The molecular formula is C33H58N6O7S2. The molecule has 0 spiro atoms. The molecule has 1 N–H and O–H groups in total. The van der Waals surface area contributed by atoms with Crippen LogP contribution < -0.4 is 5.32 Å². The Labute approximate surface area is 291 Å². The molecule has 274 valence electrons. The molecule has 3 amide bonds. The van der Waals surface area contributed by atoms with Crippen LogP contribution in [0.15, 0.2) is 0 Å². The summed E-state index contributed by atoms with van der Waals surface area (Å²) >= 11 is 1.48. The van der Waals surface area contributed by atoms with Crippen molar-refractivity contribution in [3.8, 4) is 0 Å². The molecule has 48 heavy (non-hydrogen) atoms. The van der Waals surface area contributed by atoms with Crippen LogP contribution in [0.3, 0.4) is 0 Å². The van der Waals surface area contributed by atoms with Crippen molar-refractivity contribution in [2.75, 3.05) is 13.1 Å². The first-order chi connectivity index (χ1) is 22.7. The maximum Gasteiger partial charge on any atom is 0.437 e. The van der Waals surface area contributed by atoms with Crippen LogP contribution in [0.1, 0.15) is 160 Å². The fraction of sp³-hybridized carbons (Fsp3) is 0.879. The lowest BCUT2D eigenvalue weighted by Crippen LogP contribution is -2.51. The SMILES string of the molecule is CCCCN(OS(=O)(=O)ON1C(=O)N2C[C@@H]1CC[C@H]2c1nnc(C2CC(NC(=O)OC(C)(C)C)C2)s1)C(CCC)(CCCC)CCCC. The van der Waals surface area contributed by atoms with E-state index in [0.717, 1.165) is 92.1 Å². The van der Waals surface area contributed by atoms with Gasteiger partial charge in [-0.3, -0.25) is 0 Å². The Morgan fingerprint density at radius 1 is 0.958 bits per heavy atom. The van der Waals surface area contributed by atoms with Crippen LogP contribution in [0.2, 0.25) is 0 Å². The molecule has 2 aliphatic heterocycles. The fourth-order valence-electron chi connectivity index (χ4n) is 7.05. The normalized spacial score (nSPS) is 23.1. The highest BCUT2D eigenvalue weighted by Crippen LogP contribution is 2.44. The number of fused-ring (bicyclic) bond motifs is 2. The Kier molecular flexibility index (Phi) is 13.5. The van der Waals surface area contributed by atoms with E-state index in [1.54, 1.807) is 9.96 Å². The highest BCUT2D eigenvalue weighted by Gasteiger charge is 2.50. The lowest BCUT2D eigenvalue weighted by atomic mass is 9.81. The van der Waals surface area contributed by atoms with Crippen LogP contribution in [0.4, 0.5) is 9.59 Å². The predicted octanol–water partition coefficient (Wildman–Crippen LogP) is 7.38. The third-order valence-electron chi connectivity index (χ3n) is 9.58. The number of ether oxygens (including phenoxy) is 1. The third-order valence-corrected chi connectivity index (χ3v) is 11.5. The third kappa shape index (κ3) is 9.79. The van der Waals surface area contributed by atoms with E-state index in [2.05, 4.69) is 43.2 Å². The van der Waals surface area contributed by atoms with E-state index in [4.69, 9.17) is 13.3 Å². The van der Waals surface area contributed by atoms with Gasteiger partial charge >= 0.3 is 22.5 Å². The summed E-state index contributed by atoms with van der Waals surface area (Å²) in [6, 6.07) is -1.20. The number of nitrogens with one attached hydrogen (secondary N) is 1. The van der Waals surface area contributed by atoms with Gasteiger partial charge in [-0.1, -0.05) is 77.6 Å². The topological polar surface area (TPSA) is 144 Å². The molecule has 15 heteroatoms. The molecule has 1 aliphatic carbocycles. The van der Waals surface area contributed by atoms with Crippen molar-refractivity contribution in [1.82, 2.24) is 30.5 Å². The van der Waals surface area contributed by atoms with Gasteiger partial charge in [-0.25, -0.2) is 9.59 Å². The number of piperidine rings is 1. The summed E-state index contributed by atoms with van der Waals surface area (Å²) < 4.78 is 43.9. The summed E-state index contributed by atoms with van der Waals surface area (Å²) in [4.78, 5) is 27.4. The molecule has 1 saturated carbocycles. The van der Waals surface area contributed by atoms with Gasteiger partial charge in [0.05, 0.1) is 12.1 Å². The predicted molar refractivity (Wildman–Crippen MR) is 184 cm³/mol. The number of hydroxylamine groups is 4. The summed E-state index contributed by atoms with van der Waals surface area (Å²) in [5, 5.41) is 16.0. The lowest BCUT2D eigenvalue weighted by molar-refractivity contribution is -0.172. The first kappa shape index (κ1) is 38.7. The zero-order valence-electron chi connectivity index (χ0n) is 30.0. The molecule has 0 radical (unpaired) electrons. The molecular weight excluding hydrogens is 657 g/mol. The van der Waals surface area contributed by atoms with Crippen LogP contribution in [-0.4, -0.2) is 82.1 Å².